The molecule has 0 aromatic heterocycles. The standard InChI is InChI=1S/C21H44O3S.Na/c1-3-5-7-9-11-12-13-14-16-18-20-21(25(22,23)24)19-17-15-10-8-6-4-2;/h21H,3-20H2,1-2H3,(H,22,23,24);/q;+1/p-1. The molecule has 0 saturated heterocycles. The third-order valence-electron chi connectivity index (χ3n) is 5.17. The first-order valence-electron chi connectivity index (χ1n) is 11.0. The van der Waals surface area contributed by atoms with Crippen LogP contribution in [0.3, 0.4) is 0 Å². The minimum atomic E-state index is -4.12. The van der Waals surface area contributed by atoms with E-state index in [1.54, 1.807) is 0 Å². The second-order valence-electron chi connectivity index (χ2n) is 7.64. The van der Waals surface area contributed by atoms with E-state index in [2.05, 4.69) is 13.8 Å². The van der Waals surface area contributed by atoms with E-state index in [0.29, 0.717) is 12.8 Å². The monoisotopic (exact) mass is 398 g/mol. The molecule has 26 heavy (non-hydrogen) atoms. The molecule has 0 spiro atoms. The summed E-state index contributed by atoms with van der Waals surface area (Å²) in [5.41, 5.74) is 0. The summed E-state index contributed by atoms with van der Waals surface area (Å²) >= 11 is 0. The second-order valence-corrected chi connectivity index (χ2v) is 9.29. The molecular formula is C21H43NaO3S. The van der Waals surface area contributed by atoms with Crippen molar-refractivity contribution < 1.29 is 42.5 Å². The van der Waals surface area contributed by atoms with Gasteiger partial charge in [-0.2, -0.15) is 0 Å². The van der Waals surface area contributed by atoms with E-state index in [9.17, 15) is 13.0 Å². The third kappa shape index (κ3) is 19.7. The summed E-state index contributed by atoms with van der Waals surface area (Å²) in [4.78, 5) is 0. The van der Waals surface area contributed by atoms with Crippen molar-refractivity contribution in [3.63, 3.8) is 0 Å². The van der Waals surface area contributed by atoms with Crippen molar-refractivity contribution in [2.24, 2.45) is 0 Å². The fourth-order valence-electron chi connectivity index (χ4n) is 3.44. The van der Waals surface area contributed by atoms with E-state index in [-0.39, 0.29) is 29.6 Å². The van der Waals surface area contributed by atoms with Crippen LogP contribution < -0.4 is 29.6 Å². The van der Waals surface area contributed by atoms with Gasteiger partial charge >= 0.3 is 29.6 Å². The molecule has 1 atom stereocenters. The zero-order chi connectivity index (χ0) is 18.8. The average Bonchev–Trinajstić information content (AvgIpc) is 2.56. The molecule has 0 saturated carbocycles. The van der Waals surface area contributed by atoms with Gasteiger partial charge in [-0.15, -0.1) is 0 Å². The molecule has 3 nitrogen and oxygen atoms in total. The minimum Gasteiger partial charge on any atom is -0.748 e. The van der Waals surface area contributed by atoms with Crippen LogP contribution in [0.25, 0.3) is 0 Å². The Hall–Kier alpha value is 0.910. The summed E-state index contributed by atoms with van der Waals surface area (Å²) in [6.45, 7) is 4.42. The molecule has 5 heteroatoms. The Bertz CT molecular complexity index is 371. The van der Waals surface area contributed by atoms with Gasteiger partial charge in [0.25, 0.3) is 0 Å². The van der Waals surface area contributed by atoms with Crippen molar-refractivity contribution in [2.45, 2.75) is 135 Å². The molecule has 0 heterocycles. The van der Waals surface area contributed by atoms with E-state index in [1.807, 2.05) is 0 Å². The van der Waals surface area contributed by atoms with E-state index < -0.39 is 15.4 Å². The summed E-state index contributed by atoms with van der Waals surface area (Å²) in [6, 6.07) is 0. The van der Waals surface area contributed by atoms with Crippen molar-refractivity contribution in [2.75, 3.05) is 0 Å². The SMILES string of the molecule is CCCCCCCCCCCCC(CCCCCCCC)S(=O)(=O)[O-].[Na+]. The van der Waals surface area contributed by atoms with E-state index in [1.165, 1.54) is 70.6 Å². The molecule has 0 fully saturated rings. The van der Waals surface area contributed by atoms with Crippen molar-refractivity contribution >= 4 is 10.1 Å². The van der Waals surface area contributed by atoms with Crippen LogP contribution in [-0.4, -0.2) is 18.2 Å². The fraction of sp³-hybridized carbons (Fsp3) is 1.00. The Morgan fingerprint density at radius 3 is 1.12 bits per heavy atom. The second kappa shape index (κ2) is 20.6. The molecule has 0 radical (unpaired) electrons. The van der Waals surface area contributed by atoms with Crippen molar-refractivity contribution in [3.05, 3.63) is 0 Å². The molecule has 0 aromatic rings. The number of rotatable bonds is 19. The maximum absolute atomic E-state index is 11.4. The van der Waals surface area contributed by atoms with Crippen LogP contribution in [0.2, 0.25) is 0 Å². The van der Waals surface area contributed by atoms with E-state index >= 15 is 0 Å². The third-order valence-corrected chi connectivity index (χ3v) is 6.46. The maximum Gasteiger partial charge on any atom is 1.00 e. The molecule has 0 aliphatic rings. The van der Waals surface area contributed by atoms with Gasteiger partial charge in [0.05, 0.1) is 10.1 Å². The number of hydrogen-bond acceptors (Lipinski definition) is 3. The molecule has 0 N–H and O–H groups in total. The molecule has 0 bridgehead atoms. The molecule has 0 aromatic carbocycles. The smallest absolute Gasteiger partial charge is 0.748 e. The summed E-state index contributed by atoms with van der Waals surface area (Å²) in [7, 11) is -4.12. The van der Waals surface area contributed by atoms with Crippen LogP contribution in [0, 0.1) is 0 Å². The zero-order valence-corrected chi connectivity index (χ0v) is 20.8. The van der Waals surface area contributed by atoms with Gasteiger partial charge in [-0.05, 0) is 12.8 Å². The number of hydrogen-bond donors (Lipinski definition) is 0. The quantitative estimate of drug-likeness (QED) is 0.188. The van der Waals surface area contributed by atoms with Gasteiger partial charge in [0, 0.05) is 5.25 Å². The molecule has 0 rings (SSSR count). The predicted octanol–water partition coefficient (Wildman–Crippen LogP) is 3.97. The Labute approximate surface area is 186 Å². The van der Waals surface area contributed by atoms with Crippen LogP contribution in [-0.2, 0) is 10.1 Å². The normalized spacial score (nSPS) is 12.7. The Morgan fingerprint density at radius 2 is 0.846 bits per heavy atom. The Balaban J connectivity index is 0. The van der Waals surface area contributed by atoms with Crippen molar-refractivity contribution in [1.29, 1.82) is 0 Å². The minimum absolute atomic E-state index is 0. The summed E-state index contributed by atoms with van der Waals surface area (Å²) in [5.74, 6) is 0. The summed E-state index contributed by atoms with van der Waals surface area (Å²) in [6.07, 6.45) is 20.3. The first-order chi connectivity index (χ1) is 12.0. The fourth-order valence-corrected chi connectivity index (χ4v) is 4.36. The molecule has 1 unspecified atom stereocenters. The largest absolute Gasteiger partial charge is 1.00 e. The molecule has 152 valence electrons. The van der Waals surface area contributed by atoms with Gasteiger partial charge in [0.15, 0.2) is 0 Å². The molecular weight excluding hydrogens is 355 g/mol. The van der Waals surface area contributed by atoms with Crippen LogP contribution in [0.4, 0.5) is 0 Å². The van der Waals surface area contributed by atoms with E-state index in [0.717, 1.165) is 32.1 Å². The first-order valence-corrected chi connectivity index (χ1v) is 12.4. The molecule has 0 aliphatic carbocycles. The molecule has 0 amide bonds. The zero-order valence-electron chi connectivity index (χ0n) is 17.9. The maximum atomic E-state index is 11.4. The predicted molar refractivity (Wildman–Crippen MR) is 108 cm³/mol. The van der Waals surface area contributed by atoms with Crippen molar-refractivity contribution in [3.8, 4) is 0 Å². The van der Waals surface area contributed by atoms with Crippen LogP contribution in [0.1, 0.15) is 129 Å². The topological polar surface area (TPSA) is 57.2 Å². The van der Waals surface area contributed by atoms with Gasteiger partial charge in [0.2, 0.25) is 0 Å². The van der Waals surface area contributed by atoms with Gasteiger partial charge in [-0.1, -0.05) is 117 Å². The average molecular weight is 399 g/mol. The number of unbranched alkanes of at least 4 members (excludes halogenated alkanes) is 14. The summed E-state index contributed by atoms with van der Waals surface area (Å²) < 4.78 is 34.3. The Morgan fingerprint density at radius 1 is 0.577 bits per heavy atom. The van der Waals surface area contributed by atoms with E-state index in [4.69, 9.17) is 0 Å². The van der Waals surface area contributed by atoms with Crippen molar-refractivity contribution in [1.82, 2.24) is 0 Å². The summed E-state index contributed by atoms with van der Waals surface area (Å²) in [5, 5.41) is -0.646. The first kappa shape index (κ1) is 29.1. The van der Waals surface area contributed by atoms with Crippen LogP contribution in [0.5, 0.6) is 0 Å². The van der Waals surface area contributed by atoms with Gasteiger partial charge in [-0.3, -0.25) is 0 Å². The van der Waals surface area contributed by atoms with Crippen LogP contribution >= 0.6 is 0 Å². The molecule has 0 aliphatic heterocycles. The van der Waals surface area contributed by atoms with Gasteiger partial charge in [-0.25, -0.2) is 8.42 Å². The van der Waals surface area contributed by atoms with Crippen LogP contribution in [0.15, 0.2) is 0 Å². The van der Waals surface area contributed by atoms with Gasteiger partial charge in [0.1, 0.15) is 0 Å². The van der Waals surface area contributed by atoms with Gasteiger partial charge < -0.3 is 4.55 Å². The Kier molecular flexibility index (Phi) is 23.1.